The Labute approximate surface area is 93.7 Å². The number of allylic oxidation sites excluding steroid dienone is 1. The van der Waals surface area contributed by atoms with Crippen LogP contribution in [0.2, 0.25) is 0 Å². The first-order valence-corrected chi connectivity index (χ1v) is 6.50. The lowest BCUT2D eigenvalue weighted by molar-refractivity contribution is 0.199. The number of ether oxygens (including phenoxy) is 1. The van der Waals surface area contributed by atoms with Gasteiger partial charge in [-0.25, -0.2) is 4.79 Å². The van der Waals surface area contributed by atoms with E-state index in [9.17, 15) is 9.90 Å². The summed E-state index contributed by atoms with van der Waals surface area (Å²) in [4.78, 5) is 10.8. The van der Waals surface area contributed by atoms with Crippen molar-refractivity contribution in [3.05, 3.63) is 11.6 Å². The average molecular weight is 232 g/mol. The van der Waals surface area contributed by atoms with Crippen molar-refractivity contribution in [1.29, 1.82) is 0 Å². The summed E-state index contributed by atoms with van der Waals surface area (Å²) in [6.07, 6.45) is 5.31. The van der Waals surface area contributed by atoms with E-state index < -0.39 is 0 Å². The van der Waals surface area contributed by atoms with Crippen molar-refractivity contribution in [3.8, 4) is 0 Å². The first kappa shape index (κ1) is 14.6. The predicted molar refractivity (Wildman–Crippen MR) is 64.9 cm³/mol. The molecule has 0 amide bonds. The minimum absolute atomic E-state index is 0.118. The number of methoxy groups -OCH3 is 1. The molecule has 0 aliphatic rings. The Kier molecular flexibility index (Phi) is 8.64. The largest absolute Gasteiger partial charge is 0.466 e. The standard InChI is InChI=1S/C11H21O3P/c1-4-10(8-9(2)12)6-5-7-15-11(13)14-3/h8-9,12,15H,4-7H2,1-3H3/b10-8+. The van der Waals surface area contributed by atoms with Gasteiger partial charge in [-0.05, 0) is 40.9 Å². The predicted octanol–water partition coefficient (Wildman–Crippen LogP) is 2.93. The van der Waals surface area contributed by atoms with E-state index in [4.69, 9.17) is 0 Å². The quantitative estimate of drug-likeness (QED) is 0.417. The SMILES string of the molecule is CC/C(=C\C(C)O)CCCPC(=O)OC. The molecule has 0 saturated heterocycles. The third kappa shape index (κ3) is 8.59. The molecule has 0 rings (SSSR count). The fourth-order valence-corrected chi connectivity index (χ4v) is 2.00. The molecule has 0 bridgehead atoms. The maximum atomic E-state index is 10.8. The minimum atomic E-state index is -0.372. The molecule has 3 nitrogen and oxygen atoms in total. The van der Waals surface area contributed by atoms with Gasteiger partial charge in [0.15, 0.2) is 0 Å². The van der Waals surface area contributed by atoms with Gasteiger partial charge in [-0.3, -0.25) is 0 Å². The van der Waals surface area contributed by atoms with Crippen LogP contribution in [0.1, 0.15) is 33.1 Å². The maximum Gasteiger partial charge on any atom is 0.322 e. The van der Waals surface area contributed by atoms with Crippen molar-refractivity contribution in [2.75, 3.05) is 13.3 Å². The zero-order valence-electron chi connectivity index (χ0n) is 9.75. The van der Waals surface area contributed by atoms with Crippen LogP contribution >= 0.6 is 8.58 Å². The fraction of sp³-hybridized carbons (Fsp3) is 0.727. The van der Waals surface area contributed by atoms with Crippen LogP contribution in [0.25, 0.3) is 0 Å². The fourth-order valence-electron chi connectivity index (χ4n) is 1.30. The summed E-state index contributed by atoms with van der Waals surface area (Å²) < 4.78 is 4.57. The van der Waals surface area contributed by atoms with Gasteiger partial charge in [-0.15, -0.1) is 0 Å². The van der Waals surface area contributed by atoms with Crippen LogP contribution in [0.5, 0.6) is 0 Å². The van der Waals surface area contributed by atoms with Crippen LogP contribution in [0.3, 0.4) is 0 Å². The highest BCUT2D eigenvalue weighted by atomic mass is 31.1. The Balaban J connectivity index is 3.69. The van der Waals surface area contributed by atoms with Crippen LogP contribution in [0.4, 0.5) is 4.79 Å². The molecule has 88 valence electrons. The van der Waals surface area contributed by atoms with Crippen molar-refractivity contribution in [1.82, 2.24) is 0 Å². The normalized spacial score (nSPS) is 14.5. The van der Waals surface area contributed by atoms with E-state index in [0.29, 0.717) is 0 Å². The molecule has 2 unspecified atom stereocenters. The summed E-state index contributed by atoms with van der Waals surface area (Å²) in [5.41, 5.74) is 1.15. The number of rotatable bonds is 7. The summed E-state index contributed by atoms with van der Waals surface area (Å²) >= 11 is 0. The van der Waals surface area contributed by atoms with Crippen LogP contribution in [-0.4, -0.2) is 30.2 Å². The van der Waals surface area contributed by atoms with Gasteiger partial charge in [0.25, 0.3) is 0 Å². The molecule has 1 N–H and O–H groups in total. The van der Waals surface area contributed by atoms with Gasteiger partial charge < -0.3 is 9.84 Å². The number of hydrogen-bond donors (Lipinski definition) is 1. The number of aliphatic hydroxyl groups excluding tert-OH is 1. The molecule has 0 radical (unpaired) electrons. The number of aliphatic hydroxyl groups is 1. The summed E-state index contributed by atoms with van der Waals surface area (Å²) in [6, 6.07) is 0. The van der Waals surface area contributed by atoms with Gasteiger partial charge in [0.2, 0.25) is 0 Å². The Hall–Kier alpha value is -0.400. The highest BCUT2D eigenvalue weighted by Crippen LogP contribution is 2.18. The molecule has 15 heavy (non-hydrogen) atoms. The van der Waals surface area contributed by atoms with E-state index >= 15 is 0 Å². The van der Waals surface area contributed by atoms with E-state index in [2.05, 4.69) is 11.7 Å². The molecule has 2 atom stereocenters. The summed E-state index contributed by atoms with van der Waals surface area (Å²) in [5, 5.41) is 9.19. The Morgan fingerprint density at radius 3 is 2.73 bits per heavy atom. The molecule has 0 aromatic carbocycles. The van der Waals surface area contributed by atoms with Gasteiger partial charge in [-0.1, -0.05) is 18.6 Å². The van der Waals surface area contributed by atoms with Gasteiger partial charge >= 0.3 is 5.71 Å². The average Bonchev–Trinajstić information content (AvgIpc) is 2.21. The molecule has 0 spiro atoms. The molecule has 0 aliphatic carbocycles. The van der Waals surface area contributed by atoms with Gasteiger partial charge in [0.05, 0.1) is 13.2 Å². The minimum Gasteiger partial charge on any atom is -0.466 e. The van der Waals surface area contributed by atoms with Crippen molar-refractivity contribution in [3.63, 3.8) is 0 Å². The third-order valence-electron chi connectivity index (χ3n) is 2.06. The first-order valence-electron chi connectivity index (χ1n) is 5.29. The van der Waals surface area contributed by atoms with Crippen LogP contribution in [0.15, 0.2) is 11.6 Å². The molecule has 0 heterocycles. The Morgan fingerprint density at radius 2 is 2.27 bits per heavy atom. The van der Waals surface area contributed by atoms with Crippen molar-refractivity contribution in [2.24, 2.45) is 0 Å². The second-order valence-electron chi connectivity index (χ2n) is 3.44. The van der Waals surface area contributed by atoms with E-state index in [1.54, 1.807) is 6.92 Å². The number of carbonyl (C=O) groups is 1. The topological polar surface area (TPSA) is 46.5 Å². The van der Waals surface area contributed by atoms with Crippen LogP contribution < -0.4 is 0 Å². The Bertz CT molecular complexity index is 212. The van der Waals surface area contributed by atoms with Gasteiger partial charge in [-0.2, -0.15) is 0 Å². The van der Waals surface area contributed by atoms with E-state index in [-0.39, 0.29) is 20.4 Å². The van der Waals surface area contributed by atoms with Crippen molar-refractivity contribution in [2.45, 2.75) is 39.2 Å². The molecule has 4 heteroatoms. The molecule has 0 fully saturated rings. The second-order valence-corrected chi connectivity index (χ2v) is 4.70. The zero-order chi connectivity index (χ0) is 11.7. The van der Waals surface area contributed by atoms with E-state index in [0.717, 1.165) is 25.4 Å². The zero-order valence-corrected chi connectivity index (χ0v) is 10.7. The molecule has 0 aliphatic heterocycles. The molecule has 0 aromatic heterocycles. The second kappa shape index (κ2) is 8.87. The van der Waals surface area contributed by atoms with Gasteiger partial charge in [0.1, 0.15) is 0 Å². The van der Waals surface area contributed by atoms with Crippen LogP contribution in [-0.2, 0) is 4.74 Å². The smallest absolute Gasteiger partial charge is 0.322 e. The first-order chi connectivity index (χ1) is 7.10. The Morgan fingerprint density at radius 1 is 1.60 bits per heavy atom. The van der Waals surface area contributed by atoms with Crippen LogP contribution in [0, 0.1) is 0 Å². The highest BCUT2D eigenvalue weighted by Gasteiger charge is 2.01. The lowest BCUT2D eigenvalue weighted by Gasteiger charge is -2.06. The number of hydrogen-bond acceptors (Lipinski definition) is 3. The van der Waals surface area contributed by atoms with E-state index in [1.807, 2.05) is 6.08 Å². The molecular formula is C11H21O3P. The van der Waals surface area contributed by atoms with Crippen molar-refractivity contribution < 1.29 is 14.6 Å². The lowest BCUT2D eigenvalue weighted by atomic mass is 10.1. The monoisotopic (exact) mass is 232 g/mol. The summed E-state index contributed by atoms with van der Waals surface area (Å²) in [6.45, 7) is 3.84. The molecular weight excluding hydrogens is 211 g/mol. The van der Waals surface area contributed by atoms with Crippen molar-refractivity contribution >= 4 is 14.3 Å². The molecule has 0 aromatic rings. The maximum absolute atomic E-state index is 10.8. The summed E-state index contributed by atoms with van der Waals surface area (Å²) in [7, 11) is 1.67. The molecule has 0 saturated carbocycles. The number of carbonyl (C=O) groups excluding carboxylic acids is 1. The third-order valence-corrected chi connectivity index (χ3v) is 3.16. The van der Waals surface area contributed by atoms with Gasteiger partial charge in [0, 0.05) is 0 Å². The lowest BCUT2D eigenvalue weighted by Crippen LogP contribution is -1.97. The summed E-state index contributed by atoms with van der Waals surface area (Å²) in [5.74, 6) is 0. The highest BCUT2D eigenvalue weighted by molar-refractivity contribution is 7.57. The van der Waals surface area contributed by atoms with E-state index in [1.165, 1.54) is 12.7 Å².